The van der Waals surface area contributed by atoms with Crippen molar-refractivity contribution in [1.29, 1.82) is 0 Å². The first-order chi connectivity index (χ1) is 8.90. The van der Waals surface area contributed by atoms with Crippen LogP contribution in [0.2, 0.25) is 5.02 Å². The summed E-state index contributed by atoms with van der Waals surface area (Å²) in [6.07, 6.45) is 0.984. The number of sulfonamides is 1. The normalized spacial score (nSPS) is 11.3. The number of anilines is 1. The number of pyridine rings is 1. The van der Waals surface area contributed by atoms with Gasteiger partial charge in [-0.15, -0.1) is 0 Å². The molecule has 2 aromatic rings. The number of benzene rings is 1. The lowest BCUT2D eigenvalue weighted by Crippen LogP contribution is -2.16. The van der Waals surface area contributed by atoms with E-state index < -0.39 is 21.4 Å². The van der Waals surface area contributed by atoms with E-state index in [0.717, 1.165) is 18.3 Å². The average molecular weight is 303 g/mol. The molecule has 1 aromatic heterocycles. The Bertz CT molecular complexity index is 774. The summed E-state index contributed by atoms with van der Waals surface area (Å²) in [5.74, 6) is -0.707. The van der Waals surface area contributed by atoms with E-state index in [1.54, 1.807) is 0 Å². The Morgan fingerprint density at radius 3 is 2.58 bits per heavy atom. The molecule has 0 spiro atoms. The van der Waals surface area contributed by atoms with Gasteiger partial charge in [-0.05, 0) is 18.2 Å². The van der Waals surface area contributed by atoms with Crippen molar-refractivity contribution >= 4 is 27.3 Å². The van der Waals surface area contributed by atoms with Crippen LogP contribution in [0.5, 0.6) is 0 Å². The molecule has 0 atom stereocenters. The second-order valence-electron chi connectivity index (χ2n) is 3.60. The highest BCUT2D eigenvalue weighted by molar-refractivity contribution is 7.92. The van der Waals surface area contributed by atoms with Crippen molar-refractivity contribution < 1.29 is 12.8 Å². The minimum atomic E-state index is -4.02. The summed E-state index contributed by atoms with van der Waals surface area (Å²) in [6.45, 7) is 0. The Hall–Kier alpha value is -1.86. The monoisotopic (exact) mass is 302 g/mol. The quantitative estimate of drug-likeness (QED) is 0.910. The molecule has 0 bridgehead atoms. The van der Waals surface area contributed by atoms with E-state index in [1.165, 1.54) is 18.2 Å². The van der Waals surface area contributed by atoms with E-state index in [1.807, 2.05) is 0 Å². The summed E-state index contributed by atoms with van der Waals surface area (Å²) in [5.41, 5.74) is -0.795. The van der Waals surface area contributed by atoms with Gasteiger partial charge in [-0.25, -0.2) is 12.8 Å². The molecule has 5 nitrogen and oxygen atoms in total. The first-order valence-corrected chi connectivity index (χ1v) is 6.92. The molecule has 0 saturated heterocycles. The second kappa shape index (κ2) is 5.02. The van der Waals surface area contributed by atoms with Crippen LogP contribution >= 0.6 is 11.6 Å². The second-order valence-corrected chi connectivity index (χ2v) is 5.69. The molecule has 2 rings (SSSR count). The van der Waals surface area contributed by atoms with Crippen molar-refractivity contribution in [1.82, 2.24) is 4.98 Å². The molecule has 2 N–H and O–H groups in total. The zero-order chi connectivity index (χ0) is 14.0. The Balaban J connectivity index is 2.41. The van der Waals surface area contributed by atoms with Crippen LogP contribution in [-0.2, 0) is 10.0 Å². The maximum absolute atomic E-state index is 13.4. The predicted octanol–water partition coefficient (Wildman–Crippen LogP) is 1.97. The summed E-state index contributed by atoms with van der Waals surface area (Å²) in [6, 6.07) is 6.31. The van der Waals surface area contributed by atoms with Crippen molar-refractivity contribution in [3.05, 3.63) is 57.7 Å². The van der Waals surface area contributed by atoms with Gasteiger partial charge in [0.1, 0.15) is 15.7 Å². The van der Waals surface area contributed by atoms with Crippen LogP contribution in [0.1, 0.15) is 0 Å². The highest BCUT2D eigenvalue weighted by Gasteiger charge is 2.17. The Morgan fingerprint density at radius 1 is 1.26 bits per heavy atom. The van der Waals surface area contributed by atoms with Gasteiger partial charge in [0.05, 0.1) is 5.69 Å². The fraction of sp³-hybridized carbons (Fsp3) is 0. The van der Waals surface area contributed by atoms with Gasteiger partial charge in [0, 0.05) is 6.20 Å². The highest BCUT2D eigenvalue weighted by Crippen LogP contribution is 2.18. The van der Waals surface area contributed by atoms with E-state index in [9.17, 15) is 17.6 Å². The number of aromatic amines is 1. The molecule has 100 valence electrons. The Morgan fingerprint density at radius 2 is 1.95 bits per heavy atom. The number of rotatable bonds is 3. The Labute approximate surface area is 113 Å². The van der Waals surface area contributed by atoms with Crippen LogP contribution in [0.4, 0.5) is 10.1 Å². The van der Waals surface area contributed by atoms with E-state index in [2.05, 4.69) is 9.71 Å². The van der Waals surface area contributed by atoms with Crippen LogP contribution in [0, 0.1) is 5.82 Å². The zero-order valence-corrected chi connectivity index (χ0v) is 10.9. The molecule has 0 unspecified atom stereocenters. The largest absolute Gasteiger partial charge is 0.326 e. The van der Waals surface area contributed by atoms with Crippen molar-refractivity contribution in [2.45, 2.75) is 4.90 Å². The van der Waals surface area contributed by atoms with Crippen LogP contribution < -0.4 is 10.3 Å². The average Bonchev–Trinajstić information content (AvgIpc) is 2.35. The molecule has 0 fully saturated rings. The first kappa shape index (κ1) is 13.6. The molecule has 0 radical (unpaired) electrons. The Kier molecular flexibility index (Phi) is 3.59. The third kappa shape index (κ3) is 2.94. The van der Waals surface area contributed by atoms with Crippen LogP contribution in [0.3, 0.4) is 0 Å². The zero-order valence-electron chi connectivity index (χ0n) is 9.35. The molecular formula is C11H8ClFN2O3S. The smallest absolute Gasteiger partial charge is 0.266 e. The number of hydrogen-bond acceptors (Lipinski definition) is 3. The molecular weight excluding hydrogens is 295 g/mol. The van der Waals surface area contributed by atoms with Gasteiger partial charge < -0.3 is 4.98 Å². The maximum Gasteiger partial charge on any atom is 0.266 e. The predicted molar refractivity (Wildman–Crippen MR) is 69.3 cm³/mol. The van der Waals surface area contributed by atoms with Crippen LogP contribution in [0.25, 0.3) is 0 Å². The molecule has 0 aliphatic rings. The standard InChI is InChI=1S/C11H8ClFN2O3S/c12-8-5-7(6-14-11(8)16)19(17,18)15-10-4-2-1-3-9(10)13/h1-6,15H,(H,14,16). The fourth-order valence-electron chi connectivity index (χ4n) is 1.34. The summed E-state index contributed by atoms with van der Waals surface area (Å²) >= 11 is 5.54. The lowest BCUT2D eigenvalue weighted by molar-refractivity contribution is 0.598. The number of nitrogens with one attached hydrogen (secondary N) is 2. The van der Waals surface area contributed by atoms with Gasteiger partial charge in [-0.2, -0.15) is 0 Å². The van der Waals surface area contributed by atoms with Crippen molar-refractivity contribution in [2.75, 3.05) is 4.72 Å². The third-order valence-electron chi connectivity index (χ3n) is 2.26. The molecule has 8 heteroatoms. The molecule has 19 heavy (non-hydrogen) atoms. The van der Waals surface area contributed by atoms with Crippen molar-refractivity contribution in [2.24, 2.45) is 0 Å². The fourth-order valence-corrected chi connectivity index (χ4v) is 2.64. The van der Waals surface area contributed by atoms with Gasteiger partial charge >= 0.3 is 0 Å². The highest BCUT2D eigenvalue weighted by atomic mass is 35.5. The van der Waals surface area contributed by atoms with Gasteiger partial charge in [-0.1, -0.05) is 23.7 Å². The van der Waals surface area contributed by atoms with Gasteiger partial charge in [0.15, 0.2) is 0 Å². The van der Waals surface area contributed by atoms with Gasteiger partial charge in [0.25, 0.3) is 15.6 Å². The van der Waals surface area contributed by atoms with E-state index >= 15 is 0 Å². The molecule has 0 amide bonds. The number of H-pyrrole nitrogens is 1. The minimum absolute atomic E-state index is 0.190. The number of aromatic nitrogens is 1. The maximum atomic E-state index is 13.4. The summed E-state index contributed by atoms with van der Waals surface area (Å²) in [4.78, 5) is 13.0. The number of halogens is 2. The van der Waals surface area contributed by atoms with E-state index in [4.69, 9.17) is 11.6 Å². The molecule has 0 saturated carbocycles. The SMILES string of the molecule is O=c1[nH]cc(S(=O)(=O)Nc2ccccc2F)cc1Cl. The first-order valence-electron chi connectivity index (χ1n) is 5.06. The lowest BCUT2D eigenvalue weighted by Gasteiger charge is -2.08. The molecule has 1 heterocycles. The van der Waals surface area contributed by atoms with Crippen LogP contribution in [-0.4, -0.2) is 13.4 Å². The summed E-state index contributed by atoms with van der Waals surface area (Å²) < 4.78 is 39.4. The van der Waals surface area contributed by atoms with Crippen molar-refractivity contribution in [3.63, 3.8) is 0 Å². The van der Waals surface area contributed by atoms with Crippen molar-refractivity contribution in [3.8, 4) is 0 Å². The third-order valence-corrected chi connectivity index (χ3v) is 3.89. The van der Waals surface area contributed by atoms with E-state index in [-0.39, 0.29) is 15.6 Å². The minimum Gasteiger partial charge on any atom is -0.326 e. The van der Waals surface area contributed by atoms with Gasteiger partial charge in [0.2, 0.25) is 0 Å². The number of hydrogen-bond donors (Lipinski definition) is 2. The summed E-state index contributed by atoms with van der Waals surface area (Å²) in [7, 11) is -4.02. The molecule has 0 aliphatic heterocycles. The van der Waals surface area contributed by atoms with Crippen LogP contribution in [0.15, 0.2) is 46.2 Å². The number of para-hydroxylation sites is 1. The lowest BCUT2D eigenvalue weighted by atomic mass is 10.3. The molecule has 1 aromatic carbocycles. The van der Waals surface area contributed by atoms with E-state index in [0.29, 0.717) is 0 Å². The molecule has 0 aliphatic carbocycles. The van der Waals surface area contributed by atoms with Gasteiger partial charge in [-0.3, -0.25) is 9.52 Å². The summed E-state index contributed by atoms with van der Waals surface area (Å²) in [5, 5.41) is -0.267. The topological polar surface area (TPSA) is 79.0 Å².